The van der Waals surface area contributed by atoms with Crippen LogP contribution in [0, 0.1) is 6.92 Å². The van der Waals surface area contributed by atoms with Gasteiger partial charge in [0.15, 0.2) is 0 Å². The maximum Gasteiger partial charge on any atom is 0.336 e. The molecule has 0 atom stereocenters. The van der Waals surface area contributed by atoms with E-state index in [4.69, 9.17) is 23.2 Å². The number of carbonyl (C=O) groups is 3. The van der Waals surface area contributed by atoms with Crippen molar-refractivity contribution in [1.29, 1.82) is 0 Å². The first kappa shape index (κ1) is 11.9. The zero-order chi connectivity index (χ0) is 12.7. The first-order chi connectivity index (χ1) is 7.93. The third-order valence-corrected chi connectivity index (χ3v) is 3.09. The van der Waals surface area contributed by atoms with Crippen LogP contribution in [0.25, 0.3) is 0 Å². The number of carbonyl (C=O) groups excluding carboxylic acids is 3. The van der Waals surface area contributed by atoms with Gasteiger partial charge in [0.25, 0.3) is 0 Å². The molecule has 0 spiro atoms. The van der Waals surface area contributed by atoms with E-state index in [0.717, 1.165) is 0 Å². The second-order valence-corrected chi connectivity index (χ2v) is 4.21. The molecule has 2 rings (SSSR count). The standard InChI is InChI=1S/C10H6Cl2N2O3/c1-4-2-3-5(11)7(6(4)12)14-9(16)8(15)13-10(14)17/h2-3H,1H3,(H,13,15,17). The van der Waals surface area contributed by atoms with Crippen LogP contribution in [0.15, 0.2) is 12.1 Å². The molecule has 1 saturated heterocycles. The number of amides is 4. The topological polar surface area (TPSA) is 66.5 Å². The molecular weight excluding hydrogens is 267 g/mol. The molecule has 88 valence electrons. The van der Waals surface area contributed by atoms with E-state index < -0.39 is 17.8 Å². The fourth-order valence-electron chi connectivity index (χ4n) is 1.45. The highest BCUT2D eigenvalue weighted by Crippen LogP contribution is 2.37. The van der Waals surface area contributed by atoms with Crippen molar-refractivity contribution in [3.8, 4) is 0 Å². The van der Waals surface area contributed by atoms with Gasteiger partial charge >= 0.3 is 17.8 Å². The van der Waals surface area contributed by atoms with Gasteiger partial charge in [0.05, 0.1) is 15.7 Å². The summed E-state index contributed by atoms with van der Waals surface area (Å²) < 4.78 is 0. The number of urea groups is 1. The third kappa shape index (κ3) is 1.77. The van der Waals surface area contributed by atoms with Crippen LogP contribution >= 0.6 is 23.2 Å². The first-order valence-corrected chi connectivity index (χ1v) is 5.33. The van der Waals surface area contributed by atoms with Crippen molar-refractivity contribution >= 4 is 46.7 Å². The van der Waals surface area contributed by atoms with E-state index in [2.05, 4.69) is 0 Å². The van der Waals surface area contributed by atoms with Crippen LogP contribution in [-0.2, 0) is 9.59 Å². The van der Waals surface area contributed by atoms with Crippen LogP contribution in [0.1, 0.15) is 5.56 Å². The van der Waals surface area contributed by atoms with Gasteiger partial charge in [-0.3, -0.25) is 14.9 Å². The summed E-state index contributed by atoms with van der Waals surface area (Å²) in [6.07, 6.45) is 0. The maximum atomic E-state index is 11.5. The Morgan fingerprint density at radius 3 is 2.35 bits per heavy atom. The highest BCUT2D eigenvalue weighted by molar-refractivity contribution is 6.55. The second kappa shape index (κ2) is 4.01. The molecule has 1 fully saturated rings. The van der Waals surface area contributed by atoms with Crippen molar-refractivity contribution in [3.63, 3.8) is 0 Å². The van der Waals surface area contributed by atoms with Gasteiger partial charge in [0.2, 0.25) is 0 Å². The Labute approximate surface area is 106 Å². The quantitative estimate of drug-likeness (QED) is 0.627. The number of halogens is 2. The molecular formula is C10H6Cl2N2O3. The van der Waals surface area contributed by atoms with Gasteiger partial charge in [-0.2, -0.15) is 0 Å². The molecule has 0 aliphatic carbocycles. The van der Waals surface area contributed by atoms with Crippen LogP contribution in [-0.4, -0.2) is 17.8 Å². The monoisotopic (exact) mass is 272 g/mol. The van der Waals surface area contributed by atoms with E-state index in [9.17, 15) is 14.4 Å². The van der Waals surface area contributed by atoms with E-state index in [-0.39, 0.29) is 15.7 Å². The van der Waals surface area contributed by atoms with Crippen LogP contribution in [0.2, 0.25) is 10.0 Å². The Morgan fingerprint density at radius 2 is 1.82 bits per heavy atom. The second-order valence-electron chi connectivity index (χ2n) is 3.43. The van der Waals surface area contributed by atoms with Crippen molar-refractivity contribution in [2.45, 2.75) is 6.92 Å². The van der Waals surface area contributed by atoms with E-state index in [1.807, 2.05) is 5.32 Å². The van der Waals surface area contributed by atoms with Gasteiger partial charge in [-0.1, -0.05) is 29.3 Å². The minimum absolute atomic E-state index is 0.0293. The molecule has 0 saturated carbocycles. The third-order valence-electron chi connectivity index (χ3n) is 2.30. The SMILES string of the molecule is Cc1ccc(Cl)c(N2C(=O)NC(=O)C2=O)c1Cl. The lowest BCUT2D eigenvalue weighted by molar-refractivity contribution is -0.134. The van der Waals surface area contributed by atoms with E-state index >= 15 is 0 Å². The van der Waals surface area contributed by atoms with Gasteiger partial charge in [0, 0.05) is 0 Å². The summed E-state index contributed by atoms with van der Waals surface area (Å²) in [6, 6.07) is 2.30. The molecule has 1 aliphatic rings. The number of anilines is 1. The van der Waals surface area contributed by atoms with Gasteiger partial charge < -0.3 is 0 Å². The Bertz CT molecular complexity index is 557. The summed E-state index contributed by atoms with van der Waals surface area (Å²) in [4.78, 5) is 34.7. The minimum atomic E-state index is -0.997. The molecule has 5 nitrogen and oxygen atoms in total. The lowest BCUT2D eigenvalue weighted by Crippen LogP contribution is -2.31. The average molecular weight is 273 g/mol. The van der Waals surface area contributed by atoms with Gasteiger partial charge in [-0.15, -0.1) is 0 Å². The number of hydrogen-bond acceptors (Lipinski definition) is 3. The summed E-state index contributed by atoms with van der Waals surface area (Å²) in [5.41, 5.74) is 0.674. The fraction of sp³-hybridized carbons (Fsp3) is 0.100. The Balaban J connectivity index is 2.62. The molecule has 0 bridgehead atoms. The average Bonchev–Trinajstić information content (AvgIpc) is 2.51. The van der Waals surface area contributed by atoms with Crippen molar-refractivity contribution in [2.24, 2.45) is 0 Å². The molecule has 0 unspecified atom stereocenters. The molecule has 1 aromatic rings. The Hall–Kier alpha value is -1.59. The molecule has 7 heteroatoms. The van der Waals surface area contributed by atoms with Crippen LogP contribution in [0.4, 0.5) is 10.5 Å². The normalized spacial score (nSPS) is 15.5. The molecule has 1 heterocycles. The number of aryl methyl sites for hydroxylation is 1. The molecule has 1 N–H and O–H groups in total. The Kier molecular flexibility index (Phi) is 2.81. The number of benzene rings is 1. The molecule has 17 heavy (non-hydrogen) atoms. The first-order valence-electron chi connectivity index (χ1n) is 4.57. The van der Waals surface area contributed by atoms with E-state index in [0.29, 0.717) is 10.5 Å². The summed E-state index contributed by atoms with van der Waals surface area (Å²) in [7, 11) is 0. The zero-order valence-corrected chi connectivity index (χ0v) is 10.1. The minimum Gasteiger partial charge on any atom is -0.269 e. The van der Waals surface area contributed by atoms with Crippen LogP contribution < -0.4 is 10.2 Å². The number of nitrogens with one attached hydrogen (secondary N) is 1. The Morgan fingerprint density at radius 1 is 1.18 bits per heavy atom. The summed E-state index contributed by atoms with van der Waals surface area (Å²) >= 11 is 11.9. The van der Waals surface area contributed by atoms with Crippen molar-refractivity contribution < 1.29 is 14.4 Å². The lowest BCUT2D eigenvalue weighted by atomic mass is 10.2. The largest absolute Gasteiger partial charge is 0.336 e. The van der Waals surface area contributed by atoms with Crippen molar-refractivity contribution in [3.05, 3.63) is 27.7 Å². The smallest absolute Gasteiger partial charge is 0.269 e. The van der Waals surface area contributed by atoms with Crippen LogP contribution in [0.3, 0.4) is 0 Å². The van der Waals surface area contributed by atoms with E-state index in [1.54, 1.807) is 13.0 Å². The zero-order valence-electron chi connectivity index (χ0n) is 8.58. The predicted molar refractivity (Wildman–Crippen MR) is 62.2 cm³/mol. The fourth-order valence-corrected chi connectivity index (χ4v) is 1.99. The highest BCUT2D eigenvalue weighted by atomic mass is 35.5. The predicted octanol–water partition coefficient (Wildman–Crippen LogP) is 1.88. The van der Waals surface area contributed by atoms with Gasteiger partial charge in [-0.05, 0) is 18.6 Å². The number of imide groups is 2. The van der Waals surface area contributed by atoms with Crippen molar-refractivity contribution in [2.75, 3.05) is 4.90 Å². The van der Waals surface area contributed by atoms with E-state index in [1.165, 1.54) is 6.07 Å². The van der Waals surface area contributed by atoms with Gasteiger partial charge in [-0.25, -0.2) is 9.69 Å². The summed E-state index contributed by atoms with van der Waals surface area (Å²) in [5.74, 6) is -1.99. The number of hydrogen-bond donors (Lipinski definition) is 1. The highest BCUT2D eigenvalue weighted by Gasteiger charge is 2.40. The molecule has 0 aromatic heterocycles. The summed E-state index contributed by atoms with van der Waals surface area (Å²) in [5, 5.41) is 2.16. The lowest BCUT2D eigenvalue weighted by Gasteiger charge is -2.16. The molecule has 1 aliphatic heterocycles. The van der Waals surface area contributed by atoms with Crippen molar-refractivity contribution in [1.82, 2.24) is 5.32 Å². The molecule has 4 amide bonds. The van der Waals surface area contributed by atoms with Crippen LogP contribution in [0.5, 0.6) is 0 Å². The number of rotatable bonds is 1. The van der Waals surface area contributed by atoms with Gasteiger partial charge in [0.1, 0.15) is 0 Å². The molecule has 1 aromatic carbocycles. The summed E-state index contributed by atoms with van der Waals surface area (Å²) in [6.45, 7) is 1.70. The molecule has 0 radical (unpaired) electrons. The number of nitrogens with zero attached hydrogens (tertiary/aromatic N) is 1. The maximum absolute atomic E-state index is 11.5.